The van der Waals surface area contributed by atoms with Crippen LogP contribution in [0.4, 0.5) is 5.69 Å². The van der Waals surface area contributed by atoms with Gasteiger partial charge in [-0.1, -0.05) is 17.4 Å². The smallest absolute Gasteiger partial charge is 0.307 e. The van der Waals surface area contributed by atoms with Crippen molar-refractivity contribution >= 4 is 11.7 Å². The number of nitrogens with zero attached hydrogens (tertiary/aromatic N) is 2. The maximum Gasteiger partial charge on any atom is 0.307 e. The standard InChI is InChI=1S/C9H11N3O2/c1-10-12-11-8-4-2-7(3-5-8)6-9(13)14/h2-5H,6H2,1H3,(H,10,11)(H,13,14). The number of hydrogen-bond donors (Lipinski definition) is 2. The Bertz CT molecular complexity index is 332. The van der Waals surface area contributed by atoms with Gasteiger partial charge in [-0.15, -0.1) is 0 Å². The molecule has 5 heteroatoms. The Morgan fingerprint density at radius 2 is 2.07 bits per heavy atom. The first-order chi connectivity index (χ1) is 6.72. The van der Waals surface area contributed by atoms with Crippen LogP contribution in [-0.4, -0.2) is 18.1 Å². The van der Waals surface area contributed by atoms with Crippen LogP contribution in [0.25, 0.3) is 0 Å². The Morgan fingerprint density at radius 3 is 2.57 bits per heavy atom. The van der Waals surface area contributed by atoms with Gasteiger partial charge in [0.1, 0.15) is 0 Å². The Balaban J connectivity index is 2.63. The molecular weight excluding hydrogens is 182 g/mol. The summed E-state index contributed by atoms with van der Waals surface area (Å²) >= 11 is 0. The summed E-state index contributed by atoms with van der Waals surface area (Å²) < 4.78 is 0. The molecule has 0 heterocycles. The number of carboxylic acid groups (broad SMARTS) is 1. The van der Waals surface area contributed by atoms with E-state index in [1.165, 1.54) is 0 Å². The van der Waals surface area contributed by atoms with Crippen molar-refractivity contribution in [2.75, 3.05) is 12.5 Å². The molecule has 0 saturated carbocycles. The average Bonchev–Trinajstić information content (AvgIpc) is 2.16. The molecule has 1 aromatic carbocycles. The molecule has 0 amide bonds. The van der Waals surface area contributed by atoms with Gasteiger partial charge in [0.25, 0.3) is 0 Å². The number of anilines is 1. The van der Waals surface area contributed by atoms with Crippen molar-refractivity contribution in [2.24, 2.45) is 10.3 Å². The second-order valence-electron chi connectivity index (χ2n) is 2.68. The summed E-state index contributed by atoms with van der Waals surface area (Å²) in [5, 5.41) is 15.6. The van der Waals surface area contributed by atoms with Crippen molar-refractivity contribution in [3.05, 3.63) is 29.8 Å². The number of aliphatic carboxylic acids is 1. The first-order valence-corrected chi connectivity index (χ1v) is 4.08. The van der Waals surface area contributed by atoms with Gasteiger partial charge in [0.05, 0.1) is 19.2 Å². The Labute approximate surface area is 81.4 Å². The predicted octanol–water partition coefficient (Wildman–Crippen LogP) is 1.72. The summed E-state index contributed by atoms with van der Waals surface area (Å²) in [6.07, 6.45) is 0.0373. The quantitative estimate of drug-likeness (QED) is 0.564. The van der Waals surface area contributed by atoms with E-state index in [2.05, 4.69) is 15.8 Å². The van der Waals surface area contributed by atoms with Gasteiger partial charge in [-0.3, -0.25) is 10.2 Å². The molecule has 0 fully saturated rings. The molecule has 2 N–H and O–H groups in total. The van der Waals surface area contributed by atoms with Crippen LogP contribution >= 0.6 is 0 Å². The maximum atomic E-state index is 10.4. The molecule has 0 aliphatic carbocycles. The second kappa shape index (κ2) is 4.96. The summed E-state index contributed by atoms with van der Waals surface area (Å²) in [6, 6.07) is 6.99. The zero-order valence-corrected chi connectivity index (χ0v) is 7.77. The highest BCUT2D eigenvalue weighted by atomic mass is 16.4. The third-order valence-electron chi connectivity index (χ3n) is 1.59. The maximum absolute atomic E-state index is 10.4. The van der Waals surface area contributed by atoms with Crippen LogP contribution in [0.15, 0.2) is 34.6 Å². The van der Waals surface area contributed by atoms with Gasteiger partial charge in [0, 0.05) is 0 Å². The molecule has 1 aromatic rings. The van der Waals surface area contributed by atoms with Gasteiger partial charge in [-0.05, 0) is 17.7 Å². The number of carbonyl (C=O) groups is 1. The zero-order chi connectivity index (χ0) is 10.4. The van der Waals surface area contributed by atoms with Gasteiger partial charge in [-0.2, -0.15) is 5.11 Å². The van der Waals surface area contributed by atoms with Gasteiger partial charge < -0.3 is 5.11 Å². The van der Waals surface area contributed by atoms with Crippen LogP contribution < -0.4 is 5.43 Å². The number of benzene rings is 1. The Kier molecular flexibility index (Phi) is 3.60. The van der Waals surface area contributed by atoms with E-state index in [4.69, 9.17) is 5.11 Å². The van der Waals surface area contributed by atoms with Gasteiger partial charge in [-0.25, -0.2) is 0 Å². The minimum atomic E-state index is -0.834. The van der Waals surface area contributed by atoms with Crippen LogP contribution in [0.2, 0.25) is 0 Å². The highest BCUT2D eigenvalue weighted by Crippen LogP contribution is 2.09. The highest BCUT2D eigenvalue weighted by molar-refractivity contribution is 5.70. The lowest BCUT2D eigenvalue weighted by molar-refractivity contribution is -0.136. The SMILES string of the molecule is CN=NNc1ccc(CC(=O)O)cc1. The number of nitrogens with one attached hydrogen (secondary N) is 1. The van der Waals surface area contributed by atoms with E-state index in [0.29, 0.717) is 0 Å². The molecular formula is C9H11N3O2. The molecule has 0 aliphatic rings. The van der Waals surface area contributed by atoms with Crippen LogP contribution in [0.5, 0.6) is 0 Å². The van der Waals surface area contributed by atoms with Crippen LogP contribution in [0.3, 0.4) is 0 Å². The monoisotopic (exact) mass is 193 g/mol. The molecule has 5 nitrogen and oxygen atoms in total. The largest absolute Gasteiger partial charge is 0.481 e. The van der Waals surface area contributed by atoms with Gasteiger partial charge in [0.2, 0.25) is 0 Å². The van der Waals surface area contributed by atoms with Crippen molar-refractivity contribution in [3.8, 4) is 0 Å². The summed E-state index contributed by atoms with van der Waals surface area (Å²) in [6.45, 7) is 0. The van der Waals surface area contributed by atoms with Crippen molar-refractivity contribution in [1.29, 1.82) is 0 Å². The molecule has 0 unspecified atom stereocenters. The molecule has 74 valence electrons. The minimum absolute atomic E-state index is 0.0373. The number of carboxylic acids is 1. The van der Waals surface area contributed by atoms with E-state index >= 15 is 0 Å². The van der Waals surface area contributed by atoms with E-state index in [-0.39, 0.29) is 6.42 Å². The molecule has 0 aliphatic heterocycles. The third-order valence-corrected chi connectivity index (χ3v) is 1.59. The normalized spacial score (nSPS) is 10.4. The number of rotatable bonds is 4. The van der Waals surface area contributed by atoms with Crippen molar-refractivity contribution in [2.45, 2.75) is 6.42 Å². The predicted molar refractivity (Wildman–Crippen MR) is 52.2 cm³/mol. The molecule has 0 atom stereocenters. The lowest BCUT2D eigenvalue weighted by atomic mass is 10.1. The fraction of sp³-hybridized carbons (Fsp3) is 0.222. The van der Waals surface area contributed by atoms with Crippen molar-refractivity contribution in [3.63, 3.8) is 0 Å². The Hall–Kier alpha value is -1.91. The van der Waals surface area contributed by atoms with Gasteiger partial charge >= 0.3 is 5.97 Å². The lowest BCUT2D eigenvalue weighted by Crippen LogP contribution is -1.99. The van der Waals surface area contributed by atoms with E-state index in [1.54, 1.807) is 31.3 Å². The lowest BCUT2D eigenvalue weighted by Gasteiger charge is -2.00. The summed E-state index contributed by atoms with van der Waals surface area (Å²) in [7, 11) is 1.56. The van der Waals surface area contributed by atoms with E-state index < -0.39 is 5.97 Å². The summed E-state index contributed by atoms with van der Waals surface area (Å²) in [4.78, 5) is 10.4. The van der Waals surface area contributed by atoms with E-state index in [1.807, 2.05) is 0 Å². The van der Waals surface area contributed by atoms with Crippen molar-refractivity contribution in [1.82, 2.24) is 0 Å². The molecule has 0 spiro atoms. The molecule has 0 radical (unpaired) electrons. The van der Waals surface area contributed by atoms with Crippen LogP contribution in [-0.2, 0) is 11.2 Å². The van der Waals surface area contributed by atoms with Crippen LogP contribution in [0.1, 0.15) is 5.56 Å². The molecule has 0 saturated heterocycles. The van der Waals surface area contributed by atoms with Crippen molar-refractivity contribution < 1.29 is 9.90 Å². The topological polar surface area (TPSA) is 74.0 Å². The second-order valence-corrected chi connectivity index (χ2v) is 2.68. The first kappa shape index (κ1) is 10.2. The van der Waals surface area contributed by atoms with Gasteiger partial charge in [0.15, 0.2) is 0 Å². The zero-order valence-electron chi connectivity index (χ0n) is 7.77. The molecule has 14 heavy (non-hydrogen) atoms. The first-order valence-electron chi connectivity index (χ1n) is 4.08. The van der Waals surface area contributed by atoms with E-state index in [0.717, 1.165) is 11.3 Å². The molecule has 1 rings (SSSR count). The fourth-order valence-corrected chi connectivity index (χ4v) is 0.979. The average molecular weight is 193 g/mol. The van der Waals surface area contributed by atoms with E-state index in [9.17, 15) is 4.79 Å². The summed E-state index contributed by atoms with van der Waals surface area (Å²) in [5.41, 5.74) is 4.23. The highest BCUT2D eigenvalue weighted by Gasteiger charge is 1.99. The molecule has 0 aromatic heterocycles. The number of hydrogen-bond acceptors (Lipinski definition) is 3. The minimum Gasteiger partial charge on any atom is -0.481 e. The molecule has 0 bridgehead atoms. The summed E-state index contributed by atoms with van der Waals surface area (Å²) in [5.74, 6) is -0.834. The third kappa shape index (κ3) is 3.22. The van der Waals surface area contributed by atoms with Crippen LogP contribution in [0, 0.1) is 0 Å². The fourth-order valence-electron chi connectivity index (χ4n) is 0.979. The Morgan fingerprint density at radius 1 is 1.43 bits per heavy atom.